The van der Waals surface area contributed by atoms with Gasteiger partial charge in [-0.3, -0.25) is 9.59 Å². The highest BCUT2D eigenvalue weighted by Crippen LogP contribution is 2.23. The molecule has 0 aliphatic carbocycles. The zero-order valence-electron chi connectivity index (χ0n) is 12.5. The molecule has 0 saturated carbocycles. The van der Waals surface area contributed by atoms with Crippen molar-refractivity contribution < 1.29 is 14.3 Å². The number of thioether (sulfide) groups is 1. The molecule has 0 fully saturated rings. The van der Waals surface area contributed by atoms with E-state index in [9.17, 15) is 9.59 Å². The largest absolute Gasteiger partial charge is 0.455 e. The lowest BCUT2D eigenvalue weighted by Gasteiger charge is -2.11. The Morgan fingerprint density at radius 1 is 1.13 bits per heavy atom. The SMILES string of the molecule is C[C@@H](Sc1ccccc1)C(=O)OCC(=O)Nc1ccccc1Cl. The van der Waals surface area contributed by atoms with Crippen molar-refractivity contribution in [2.24, 2.45) is 0 Å². The first kappa shape index (κ1) is 17.4. The molecule has 0 radical (unpaired) electrons. The lowest BCUT2D eigenvalue weighted by atomic mass is 10.3. The number of halogens is 1. The zero-order chi connectivity index (χ0) is 16.7. The quantitative estimate of drug-likeness (QED) is 0.632. The predicted molar refractivity (Wildman–Crippen MR) is 92.8 cm³/mol. The van der Waals surface area contributed by atoms with E-state index < -0.39 is 17.1 Å². The molecule has 23 heavy (non-hydrogen) atoms. The molecule has 0 unspecified atom stereocenters. The predicted octanol–water partition coefficient (Wildman–Crippen LogP) is 4.00. The smallest absolute Gasteiger partial charge is 0.319 e. The first-order valence-electron chi connectivity index (χ1n) is 6.99. The number of carbonyl (C=O) groups excluding carboxylic acids is 2. The van der Waals surface area contributed by atoms with E-state index in [1.807, 2.05) is 30.3 Å². The molecule has 2 aromatic carbocycles. The van der Waals surface area contributed by atoms with Crippen molar-refractivity contribution in [1.82, 2.24) is 0 Å². The van der Waals surface area contributed by atoms with Crippen molar-refractivity contribution in [3.05, 3.63) is 59.6 Å². The molecule has 0 saturated heterocycles. The molecule has 6 heteroatoms. The fourth-order valence-electron chi connectivity index (χ4n) is 1.75. The fraction of sp³-hybridized carbons (Fsp3) is 0.176. The minimum atomic E-state index is -0.437. The van der Waals surface area contributed by atoms with Crippen LogP contribution >= 0.6 is 23.4 Å². The van der Waals surface area contributed by atoms with Crippen molar-refractivity contribution in [2.75, 3.05) is 11.9 Å². The molecule has 0 aromatic heterocycles. The number of hydrogen-bond donors (Lipinski definition) is 1. The first-order valence-corrected chi connectivity index (χ1v) is 8.25. The van der Waals surface area contributed by atoms with Gasteiger partial charge in [0.25, 0.3) is 5.91 Å². The van der Waals surface area contributed by atoms with Crippen molar-refractivity contribution >= 4 is 40.9 Å². The Bertz CT molecular complexity index is 679. The molecule has 1 N–H and O–H groups in total. The summed E-state index contributed by atoms with van der Waals surface area (Å²) in [5.41, 5.74) is 0.488. The van der Waals surface area contributed by atoms with Crippen molar-refractivity contribution in [1.29, 1.82) is 0 Å². The Labute approximate surface area is 144 Å². The number of ether oxygens (including phenoxy) is 1. The van der Waals surface area contributed by atoms with Crippen LogP contribution in [0.15, 0.2) is 59.5 Å². The van der Waals surface area contributed by atoms with Crippen molar-refractivity contribution in [2.45, 2.75) is 17.1 Å². The normalized spacial score (nSPS) is 11.6. The van der Waals surface area contributed by atoms with Crippen LogP contribution in [0.5, 0.6) is 0 Å². The minimum Gasteiger partial charge on any atom is -0.455 e. The van der Waals surface area contributed by atoms with Gasteiger partial charge >= 0.3 is 5.97 Å². The van der Waals surface area contributed by atoms with Gasteiger partial charge in [-0.2, -0.15) is 0 Å². The molecular weight excluding hydrogens is 334 g/mol. The number of amides is 1. The average Bonchev–Trinajstić information content (AvgIpc) is 2.55. The highest BCUT2D eigenvalue weighted by atomic mass is 35.5. The van der Waals surface area contributed by atoms with Crippen molar-refractivity contribution in [3.8, 4) is 0 Å². The first-order chi connectivity index (χ1) is 11.1. The molecule has 4 nitrogen and oxygen atoms in total. The van der Waals surface area contributed by atoms with E-state index >= 15 is 0 Å². The number of esters is 1. The monoisotopic (exact) mass is 349 g/mol. The van der Waals surface area contributed by atoms with Gasteiger partial charge in [0.2, 0.25) is 0 Å². The molecule has 0 aliphatic heterocycles. The van der Waals surface area contributed by atoms with Gasteiger partial charge in [0.15, 0.2) is 6.61 Å². The van der Waals surface area contributed by atoms with E-state index in [2.05, 4.69) is 5.32 Å². The molecule has 1 amide bonds. The fourth-order valence-corrected chi connectivity index (χ4v) is 2.82. The van der Waals surface area contributed by atoms with Gasteiger partial charge in [0, 0.05) is 4.90 Å². The van der Waals surface area contributed by atoms with Crippen LogP contribution < -0.4 is 5.32 Å². The summed E-state index contributed by atoms with van der Waals surface area (Å²) in [4.78, 5) is 24.7. The van der Waals surface area contributed by atoms with Gasteiger partial charge in [-0.15, -0.1) is 11.8 Å². The number of carbonyl (C=O) groups is 2. The molecule has 0 heterocycles. The standard InChI is InChI=1S/C17H16ClNO3S/c1-12(23-13-7-3-2-4-8-13)17(21)22-11-16(20)19-15-10-6-5-9-14(15)18/h2-10,12H,11H2,1H3,(H,19,20)/t12-/m1/s1. The Morgan fingerprint density at radius 3 is 2.48 bits per heavy atom. The van der Waals surface area contributed by atoms with E-state index in [-0.39, 0.29) is 6.61 Å². The second-order valence-corrected chi connectivity index (χ2v) is 6.53. The minimum absolute atomic E-state index is 0.344. The van der Waals surface area contributed by atoms with Crippen LogP contribution in [-0.2, 0) is 14.3 Å². The number of para-hydroxylation sites is 1. The summed E-state index contributed by atoms with van der Waals surface area (Å²) in [6.07, 6.45) is 0. The maximum Gasteiger partial charge on any atom is 0.319 e. The Hall–Kier alpha value is -1.98. The van der Waals surface area contributed by atoms with E-state index in [1.54, 1.807) is 31.2 Å². The third-order valence-electron chi connectivity index (χ3n) is 2.88. The van der Waals surface area contributed by atoms with Crippen LogP contribution in [0.2, 0.25) is 5.02 Å². The third kappa shape index (κ3) is 5.62. The number of rotatable bonds is 6. The van der Waals surface area contributed by atoms with Gasteiger partial charge in [-0.05, 0) is 31.2 Å². The second-order valence-electron chi connectivity index (χ2n) is 4.71. The molecular formula is C17H16ClNO3S. The summed E-state index contributed by atoms with van der Waals surface area (Å²) in [6.45, 7) is 1.40. The summed E-state index contributed by atoms with van der Waals surface area (Å²) in [7, 11) is 0. The van der Waals surface area contributed by atoms with Crippen LogP contribution in [0, 0.1) is 0 Å². The summed E-state index contributed by atoms with van der Waals surface area (Å²) >= 11 is 7.33. The molecule has 0 aliphatic rings. The van der Waals surface area contributed by atoms with Gasteiger partial charge in [0.1, 0.15) is 5.25 Å². The number of hydrogen-bond acceptors (Lipinski definition) is 4. The second kappa shape index (κ2) is 8.60. The van der Waals surface area contributed by atoms with E-state index in [1.165, 1.54) is 11.8 Å². The average molecular weight is 350 g/mol. The third-order valence-corrected chi connectivity index (χ3v) is 4.30. The van der Waals surface area contributed by atoms with Crippen LogP contribution in [0.1, 0.15) is 6.92 Å². The molecule has 2 rings (SSSR count). The van der Waals surface area contributed by atoms with Crippen LogP contribution in [0.3, 0.4) is 0 Å². The lowest BCUT2D eigenvalue weighted by molar-refractivity contribution is -0.146. The Morgan fingerprint density at radius 2 is 1.78 bits per heavy atom. The van der Waals surface area contributed by atoms with E-state index in [0.717, 1.165) is 4.90 Å². The van der Waals surface area contributed by atoms with Crippen LogP contribution in [-0.4, -0.2) is 23.7 Å². The molecule has 1 atom stereocenters. The molecule has 120 valence electrons. The van der Waals surface area contributed by atoms with E-state index in [0.29, 0.717) is 10.7 Å². The summed E-state index contributed by atoms with van der Waals surface area (Å²) in [6, 6.07) is 16.4. The summed E-state index contributed by atoms with van der Waals surface area (Å²) in [5.74, 6) is -0.864. The molecule has 0 spiro atoms. The maximum absolute atomic E-state index is 11.9. The van der Waals surface area contributed by atoms with Gasteiger partial charge in [0.05, 0.1) is 10.7 Å². The number of benzene rings is 2. The topological polar surface area (TPSA) is 55.4 Å². The Kier molecular flexibility index (Phi) is 6.50. The number of nitrogens with one attached hydrogen (secondary N) is 1. The zero-order valence-corrected chi connectivity index (χ0v) is 14.1. The number of anilines is 1. The lowest BCUT2D eigenvalue weighted by Crippen LogP contribution is -2.24. The van der Waals surface area contributed by atoms with Crippen molar-refractivity contribution in [3.63, 3.8) is 0 Å². The highest BCUT2D eigenvalue weighted by molar-refractivity contribution is 8.00. The van der Waals surface area contributed by atoms with Crippen LogP contribution in [0.25, 0.3) is 0 Å². The Balaban J connectivity index is 1.79. The summed E-state index contributed by atoms with van der Waals surface area (Å²) in [5, 5.41) is 2.63. The summed E-state index contributed by atoms with van der Waals surface area (Å²) < 4.78 is 5.04. The molecule has 0 bridgehead atoms. The highest BCUT2D eigenvalue weighted by Gasteiger charge is 2.17. The van der Waals surface area contributed by atoms with E-state index in [4.69, 9.17) is 16.3 Å². The van der Waals surface area contributed by atoms with Gasteiger partial charge in [-0.1, -0.05) is 41.9 Å². The van der Waals surface area contributed by atoms with Crippen LogP contribution in [0.4, 0.5) is 5.69 Å². The molecule has 2 aromatic rings. The van der Waals surface area contributed by atoms with Gasteiger partial charge in [-0.25, -0.2) is 0 Å². The van der Waals surface area contributed by atoms with Gasteiger partial charge < -0.3 is 10.1 Å². The maximum atomic E-state index is 11.9.